The molecule has 3 nitrogen and oxygen atoms in total. The highest BCUT2D eigenvalue weighted by atomic mass is 79.9. The highest BCUT2D eigenvalue weighted by Gasteiger charge is 2.40. The molecule has 110 valence electrons. The average Bonchev–Trinajstić information content (AvgIpc) is 2.27. The lowest BCUT2D eigenvalue weighted by molar-refractivity contribution is -0.275. The molecule has 0 N–H and O–H groups in total. The second-order valence-electron chi connectivity index (χ2n) is 3.44. The van der Waals surface area contributed by atoms with Crippen molar-refractivity contribution in [3.63, 3.8) is 0 Å². The zero-order valence-corrected chi connectivity index (χ0v) is 11.0. The molecular formula is C10H5BrF6N2O. The van der Waals surface area contributed by atoms with E-state index in [4.69, 9.17) is 5.26 Å². The van der Waals surface area contributed by atoms with Crippen LogP contribution in [0.5, 0.6) is 5.75 Å². The molecule has 0 aromatic carbocycles. The fraction of sp³-hybridized carbons (Fsp3) is 0.400. The van der Waals surface area contributed by atoms with Gasteiger partial charge in [-0.15, -0.1) is 13.2 Å². The second kappa shape index (κ2) is 5.87. The van der Waals surface area contributed by atoms with Crippen molar-refractivity contribution in [2.75, 3.05) is 0 Å². The number of aromatic nitrogens is 1. The van der Waals surface area contributed by atoms with Crippen LogP contribution >= 0.6 is 15.9 Å². The molecule has 1 heterocycles. The van der Waals surface area contributed by atoms with Crippen LogP contribution in [0.1, 0.15) is 16.8 Å². The molecule has 0 unspecified atom stereocenters. The van der Waals surface area contributed by atoms with Crippen LogP contribution in [0.15, 0.2) is 6.20 Å². The number of halogens is 7. The van der Waals surface area contributed by atoms with Crippen molar-refractivity contribution in [3.05, 3.63) is 23.0 Å². The molecule has 1 aromatic heterocycles. The molecule has 10 heteroatoms. The minimum Gasteiger partial charge on any atom is -0.404 e. The summed E-state index contributed by atoms with van der Waals surface area (Å²) in [5.41, 5.74) is -2.79. The van der Waals surface area contributed by atoms with Gasteiger partial charge in [-0.25, -0.2) is 0 Å². The lowest BCUT2D eigenvalue weighted by Gasteiger charge is -2.18. The molecule has 0 saturated heterocycles. The molecule has 0 radical (unpaired) electrons. The molecule has 1 rings (SSSR count). The molecule has 20 heavy (non-hydrogen) atoms. The maximum absolute atomic E-state index is 12.9. The minimum atomic E-state index is -5.14. The Labute approximate surface area is 117 Å². The SMILES string of the molecule is N#CCc1ncc(OC(F)(F)F)c(CBr)c1C(F)(F)F. The number of hydrogen-bond acceptors (Lipinski definition) is 3. The van der Waals surface area contributed by atoms with E-state index >= 15 is 0 Å². The Morgan fingerprint density at radius 3 is 2.25 bits per heavy atom. The second-order valence-corrected chi connectivity index (χ2v) is 4.00. The first-order chi connectivity index (χ1) is 9.10. The summed E-state index contributed by atoms with van der Waals surface area (Å²) in [7, 11) is 0. The van der Waals surface area contributed by atoms with Gasteiger partial charge in [0.1, 0.15) is 0 Å². The number of alkyl halides is 7. The fourth-order valence-electron chi connectivity index (χ4n) is 1.47. The van der Waals surface area contributed by atoms with Crippen LogP contribution in [0.2, 0.25) is 0 Å². The summed E-state index contributed by atoms with van der Waals surface area (Å²) in [6, 6.07) is 1.47. The minimum absolute atomic E-state index is 0.520. The molecule has 0 bridgehead atoms. The predicted octanol–water partition coefficient (Wildman–Crippen LogP) is 3.96. The topological polar surface area (TPSA) is 45.9 Å². The summed E-state index contributed by atoms with van der Waals surface area (Å²) in [5.74, 6) is -1.05. The third-order valence-corrected chi connectivity index (χ3v) is 2.68. The van der Waals surface area contributed by atoms with Gasteiger partial charge < -0.3 is 4.74 Å². The Hall–Kier alpha value is -1.50. The van der Waals surface area contributed by atoms with Crippen LogP contribution in [-0.2, 0) is 17.9 Å². The van der Waals surface area contributed by atoms with Crippen LogP contribution in [0.4, 0.5) is 26.3 Å². The summed E-state index contributed by atoms with van der Waals surface area (Å²) in [4.78, 5) is 3.24. The number of pyridine rings is 1. The third-order valence-electron chi connectivity index (χ3n) is 2.11. The van der Waals surface area contributed by atoms with E-state index in [1.165, 1.54) is 6.07 Å². The Morgan fingerprint density at radius 2 is 1.85 bits per heavy atom. The zero-order valence-electron chi connectivity index (χ0n) is 9.44. The Balaban J connectivity index is 3.49. The van der Waals surface area contributed by atoms with Crippen LogP contribution < -0.4 is 4.74 Å². The number of rotatable bonds is 3. The van der Waals surface area contributed by atoms with Crippen LogP contribution in [0.25, 0.3) is 0 Å². The summed E-state index contributed by atoms with van der Waals surface area (Å²) in [5, 5.41) is 7.92. The van der Waals surface area contributed by atoms with Crippen molar-refractivity contribution in [1.82, 2.24) is 4.98 Å². The summed E-state index contributed by atoms with van der Waals surface area (Å²) in [6.07, 6.45) is -10.3. The molecule has 0 fully saturated rings. The van der Waals surface area contributed by atoms with E-state index in [-0.39, 0.29) is 0 Å². The number of ether oxygens (including phenoxy) is 1. The molecule has 1 aromatic rings. The van der Waals surface area contributed by atoms with E-state index < -0.39 is 46.9 Å². The third kappa shape index (κ3) is 4.00. The molecule has 0 aliphatic rings. The van der Waals surface area contributed by atoms with E-state index in [0.29, 0.717) is 6.20 Å². The van der Waals surface area contributed by atoms with Gasteiger partial charge in [0.15, 0.2) is 5.75 Å². The van der Waals surface area contributed by atoms with Gasteiger partial charge in [-0.2, -0.15) is 18.4 Å². The fourth-order valence-corrected chi connectivity index (χ4v) is 2.02. The largest absolute Gasteiger partial charge is 0.573 e. The van der Waals surface area contributed by atoms with Crippen LogP contribution in [-0.4, -0.2) is 11.3 Å². The standard InChI is InChI=1S/C10H5BrF6N2O/c11-3-5-7(20-10(15,16)17)4-19-6(1-2-18)8(5)9(12,13)14/h4H,1,3H2. The predicted molar refractivity (Wildman–Crippen MR) is 57.9 cm³/mol. The smallest absolute Gasteiger partial charge is 0.404 e. The maximum Gasteiger partial charge on any atom is 0.573 e. The quantitative estimate of drug-likeness (QED) is 0.603. The lowest BCUT2D eigenvalue weighted by Crippen LogP contribution is -2.21. The number of nitriles is 1. The molecule has 0 atom stereocenters. The van der Waals surface area contributed by atoms with Crippen molar-refractivity contribution in [2.24, 2.45) is 0 Å². The van der Waals surface area contributed by atoms with Crippen molar-refractivity contribution >= 4 is 15.9 Å². The van der Waals surface area contributed by atoms with Gasteiger partial charge in [0.2, 0.25) is 0 Å². The molecule has 0 amide bonds. The van der Waals surface area contributed by atoms with Gasteiger partial charge in [0, 0.05) is 10.9 Å². The summed E-state index contributed by atoms with van der Waals surface area (Å²) in [6.45, 7) is 0. The first-order valence-corrected chi connectivity index (χ1v) is 5.99. The summed E-state index contributed by atoms with van der Waals surface area (Å²) < 4.78 is 78.7. The monoisotopic (exact) mass is 362 g/mol. The molecule has 0 aliphatic heterocycles. The molecule has 0 saturated carbocycles. The first-order valence-electron chi connectivity index (χ1n) is 4.86. The average molecular weight is 363 g/mol. The van der Waals surface area contributed by atoms with Crippen LogP contribution in [0.3, 0.4) is 0 Å². The van der Waals surface area contributed by atoms with Gasteiger partial charge >= 0.3 is 12.5 Å². The Bertz CT molecular complexity index is 534. The van der Waals surface area contributed by atoms with Gasteiger partial charge in [-0.3, -0.25) is 4.98 Å². The normalized spacial score (nSPS) is 12.1. The maximum atomic E-state index is 12.9. The van der Waals surface area contributed by atoms with Crippen molar-refractivity contribution in [1.29, 1.82) is 5.26 Å². The van der Waals surface area contributed by atoms with Gasteiger partial charge in [-0.05, 0) is 0 Å². The molecular weight excluding hydrogens is 358 g/mol. The van der Waals surface area contributed by atoms with E-state index in [2.05, 4.69) is 25.7 Å². The van der Waals surface area contributed by atoms with Gasteiger partial charge in [-0.1, -0.05) is 15.9 Å². The number of hydrogen-bond donors (Lipinski definition) is 0. The van der Waals surface area contributed by atoms with Crippen molar-refractivity contribution in [3.8, 4) is 11.8 Å². The van der Waals surface area contributed by atoms with Crippen molar-refractivity contribution in [2.45, 2.75) is 24.3 Å². The Morgan fingerprint density at radius 1 is 1.25 bits per heavy atom. The highest BCUT2D eigenvalue weighted by Crippen LogP contribution is 2.40. The van der Waals surface area contributed by atoms with Crippen molar-refractivity contribution < 1.29 is 31.1 Å². The highest BCUT2D eigenvalue weighted by molar-refractivity contribution is 9.08. The van der Waals surface area contributed by atoms with Gasteiger partial charge in [0.25, 0.3) is 0 Å². The molecule has 0 aliphatic carbocycles. The zero-order chi connectivity index (χ0) is 15.6. The first kappa shape index (κ1) is 16.6. The van der Waals surface area contributed by atoms with E-state index in [1.807, 2.05) is 0 Å². The van der Waals surface area contributed by atoms with E-state index in [9.17, 15) is 26.3 Å². The van der Waals surface area contributed by atoms with Crippen LogP contribution in [0, 0.1) is 11.3 Å². The summed E-state index contributed by atoms with van der Waals surface area (Å²) >= 11 is 2.69. The Kier molecular flexibility index (Phi) is 4.86. The van der Waals surface area contributed by atoms with E-state index in [0.717, 1.165) is 0 Å². The molecule has 0 spiro atoms. The van der Waals surface area contributed by atoms with E-state index in [1.54, 1.807) is 0 Å². The number of nitrogens with zero attached hydrogens (tertiary/aromatic N) is 2. The van der Waals surface area contributed by atoms with Gasteiger partial charge in [0.05, 0.1) is 29.9 Å². The lowest BCUT2D eigenvalue weighted by atomic mass is 10.0.